The molecule has 19 heavy (non-hydrogen) atoms. The molecule has 2 rings (SSSR count). The van der Waals surface area contributed by atoms with Crippen LogP contribution >= 0.6 is 11.6 Å². The van der Waals surface area contributed by atoms with E-state index in [1.807, 2.05) is 0 Å². The maximum atomic E-state index is 13.2. The van der Waals surface area contributed by atoms with Crippen LogP contribution in [0.1, 0.15) is 41.5 Å². The lowest BCUT2D eigenvalue weighted by atomic mass is 10.1. The summed E-state index contributed by atoms with van der Waals surface area (Å²) < 4.78 is 40.8. The molecule has 1 fully saturated rings. The highest BCUT2D eigenvalue weighted by Gasteiger charge is 2.65. The molecule has 0 N–H and O–H groups in total. The summed E-state index contributed by atoms with van der Waals surface area (Å²) >= 11 is 5.74. The maximum Gasteiger partial charge on any atom is 0.411 e. The second-order valence-electron chi connectivity index (χ2n) is 5.13. The van der Waals surface area contributed by atoms with Gasteiger partial charge < -0.3 is 4.57 Å². The van der Waals surface area contributed by atoms with Crippen molar-refractivity contribution < 1.29 is 18.0 Å². The summed E-state index contributed by atoms with van der Waals surface area (Å²) in [7, 11) is 0. The third-order valence-corrected chi connectivity index (χ3v) is 3.94. The lowest BCUT2D eigenvalue weighted by Crippen LogP contribution is -2.36. The molecule has 2 nitrogen and oxygen atoms in total. The second kappa shape index (κ2) is 4.27. The SMILES string of the molecule is Cc1cc(C(=O)C(C)Cl)c(C)n1C1(C(F)(F)F)CC1. The number of hydrogen-bond donors (Lipinski definition) is 0. The molecular formula is C13H15ClF3NO. The van der Waals surface area contributed by atoms with E-state index in [0.717, 1.165) is 0 Å². The zero-order valence-corrected chi connectivity index (χ0v) is 11.7. The van der Waals surface area contributed by atoms with Gasteiger partial charge in [0.05, 0.1) is 5.38 Å². The van der Waals surface area contributed by atoms with Crippen LogP contribution in [-0.4, -0.2) is 21.9 Å². The van der Waals surface area contributed by atoms with Crippen molar-refractivity contribution >= 4 is 17.4 Å². The Hall–Kier alpha value is -0.970. The molecule has 0 aliphatic heterocycles. The fourth-order valence-electron chi connectivity index (χ4n) is 2.64. The fourth-order valence-corrected chi connectivity index (χ4v) is 2.75. The molecule has 6 heteroatoms. The number of aromatic nitrogens is 1. The van der Waals surface area contributed by atoms with Gasteiger partial charge in [0.1, 0.15) is 5.54 Å². The van der Waals surface area contributed by atoms with E-state index in [4.69, 9.17) is 11.6 Å². The number of hydrogen-bond acceptors (Lipinski definition) is 1. The standard InChI is InChI=1S/C13H15ClF3NO/c1-7-6-10(11(19)8(2)14)9(3)18(7)12(4-5-12)13(15,16)17/h6,8H,4-5H2,1-3H3. The Morgan fingerprint density at radius 3 is 2.32 bits per heavy atom. The molecule has 1 saturated carbocycles. The number of alkyl halides is 4. The van der Waals surface area contributed by atoms with E-state index >= 15 is 0 Å². The number of carbonyl (C=O) groups excluding carboxylic acids is 1. The van der Waals surface area contributed by atoms with Gasteiger partial charge in [0, 0.05) is 17.0 Å². The number of rotatable bonds is 3. The Morgan fingerprint density at radius 1 is 1.42 bits per heavy atom. The van der Waals surface area contributed by atoms with Crippen molar-refractivity contribution in [2.24, 2.45) is 0 Å². The average Bonchev–Trinajstić information content (AvgIpc) is 3.00. The van der Waals surface area contributed by atoms with Gasteiger partial charge in [0.25, 0.3) is 0 Å². The Labute approximate surface area is 114 Å². The summed E-state index contributed by atoms with van der Waals surface area (Å²) in [5.41, 5.74) is -0.733. The minimum atomic E-state index is -4.30. The van der Waals surface area contributed by atoms with Crippen molar-refractivity contribution in [2.75, 3.05) is 0 Å². The number of aryl methyl sites for hydroxylation is 1. The third-order valence-electron chi connectivity index (χ3n) is 3.74. The lowest BCUT2D eigenvalue weighted by Gasteiger charge is -2.25. The molecule has 0 aromatic carbocycles. The van der Waals surface area contributed by atoms with E-state index in [2.05, 4.69) is 0 Å². The van der Waals surface area contributed by atoms with Crippen LogP contribution in [0.2, 0.25) is 0 Å². The first-order valence-corrected chi connectivity index (χ1v) is 6.50. The molecule has 1 aromatic heterocycles. The van der Waals surface area contributed by atoms with Gasteiger partial charge in [-0.2, -0.15) is 13.2 Å². The summed E-state index contributed by atoms with van der Waals surface area (Å²) in [6.45, 7) is 4.66. The predicted molar refractivity (Wildman–Crippen MR) is 66.8 cm³/mol. The molecule has 1 aliphatic rings. The Bertz CT molecular complexity index is 527. The number of ketones is 1. The van der Waals surface area contributed by atoms with E-state index in [0.29, 0.717) is 11.4 Å². The first-order valence-electron chi connectivity index (χ1n) is 6.06. The van der Waals surface area contributed by atoms with Crippen LogP contribution in [-0.2, 0) is 5.54 Å². The zero-order chi connectivity index (χ0) is 14.6. The van der Waals surface area contributed by atoms with Crippen LogP contribution in [0.25, 0.3) is 0 Å². The fraction of sp³-hybridized carbons (Fsp3) is 0.615. The molecule has 0 bridgehead atoms. The van der Waals surface area contributed by atoms with Crippen molar-refractivity contribution in [3.05, 3.63) is 23.0 Å². The van der Waals surface area contributed by atoms with Gasteiger partial charge >= 0.3 is 6.18 Å². The quantitative estimate of drug-likeness (QED) is 0.610. The Morgan fingerprint density at radius 2 is 1.95 bits per heavy atom. The number of carbonyl (C=O) groups is 1. The van der Waals surface area contributed by atoms with Gasteiger partial charge in [-0.3, -0.25) is 4.79 Å². The van der Waals surface area contributed by atoms with Crippen molar-refractivity contribution in [3.63, 3.8) is 0 Å². The normalized spacial score (nSPS) is 19.3. The lowest BCUT2D eigenvalue weighted by molar-refractivity contribution is -0.180. The molecule has 0 radical (unpaired) electrons. The molecule has 0 amide bonds. The first-order chi connectivity index (χ1) is 8.62. The Kier molecular flexibility index (Phi) is 3.24. The summed E-state index contributed by atoms with van der Waals surface area (Å²) in [6, 6.07) is 1.50. The predicted octanol–water partition coefficient (Wildman–Crippen LogP) is 3.97. The molecule has 1 aromatic rings. The molecule has 1 unspecified atom stereocenters. The minimum Gasteiger partial charge on any atom is -0.333 e. The van der Waals surface area contributed by atoms with Crippen LogP contribution in [0, 0.1) is 13.8 Å². The topological polar surface area (TPSA) is 22.0 Å². The zero-order valence-electron chi connectivity index (χ0n) is 10.9. The molecule has 1 aliphatic carbocycles. The summed E-state index contributed by atoms with van der Waals surface area (Å²) in [4.78, 5) is 11.9. The van der Waals surface area contributed by atoms with Gasteiger partial charge in [-0.15, -0.1) is 11.6 Å². The largest absolute Gasteiger partial charge is 0.411 e. The molecule has 106 valence electrons. The van der Waals surface area contributed by atoms with Crippen molar-refractivity contribution in [1.29, 1.82) is 0 Å². The van der Waals surface area contributed by atoms with Crippen LogP contribution in [0.4, 0.5) is 13.2 Å². The van der Waals surface area contributed by atoms with Gasteiger partial charge in [-0.05, 0) is 39.7 Å². The second-order valence-corrected chi connectivity index (χ2v) is 5.78. The van der Waals surface area contributed by atoms with Crippen LogP contribution in [0.3, 0.4) is 0 Å². The van der Waals surface area contributed by atoms with E-state index in [1.165, 1.54) is 17.6 Å². The van der Waals surface area contributed by atoms with Crippen LogP contribution in [0.5, 0.6) is 0 Å². The smallest absolute Gasteiger partial charge is 0.333 e. The highest BCUT2D eigenvalue weighted by Crippen LogP contribution is 2.56. The molecular weight excluding hydrogens is 279 g/mol. The maximum absolute atomic E-state index is 13.2. The van der Waals surface area contributed by atoms with Gasteiger partial charge in [0.2, 0.25) is 0 Å². The van der Waals surface area contributed by atoms with Crippen molar-refractivity contribution in [2.45, 2.75) is 50.7 Å². The van der Waals surface area contributed by atoms with Gasteiger partial charge in [-0.1, -0.05) is 0 Å². The first kappa shape index (κ1) is 14.4. The van der Waals surface area contributed by atoms with E-state index < -0.39 is 17.1 Å². The summed E-state index contributed by atoms with van der Waals surface area (Å²) in [5.74, 6) is -0.334. The third kappa shape index (κ3) is 2.08. The van der Waals surface area contributed by atoms with E-state index in [1.54, 1.807) is 13.8 Å². The van der Waals surface area contributed by atoms with Crippen molar-refractivity contribution in [3.8, 4) is 0 Å². The monoisotopic (exact) mass is 293 g/mol. The molecule has 0 saturated heterocycles. The average molecular weight is 294 g/mol. The Balaban J connectivity index is 2.53. The highest BCUT2D eigenvalue weighted by molar-refractivity contribution is 6.33. The van der Waals surface area contributed by atoms with Crippen molar-refractivity contribution in [1.82, 2.24) is 4.57 Å². The van der Waals surface area contributed by atoms with E-state index in [9.17, 15) is 18.0 Å². The highest BCUT2D eigenvalue weighted by atomic mass is 35.5. The van der Waals surface area contributed by atoms with Gasteiger partial charge in [0.15, 0.2) is 5.78 Å². The molecule has 1 heterocycles. The number of halogens is 4. The van der Waals surface area contributed by atoms with E-state index in [-0.39, 0.29) is 24.2 Å². The molecule has 0 spiro atoms. The summed E-state index contributed by atoms with van der Waals surface area (Å²) in [5, 5.41) is -0.741. The summed E-state index contributed by atoms with van der Waals surface area (Å²) in [6.07, 6.45) is -4.16. The molecule has 1 atom stereocenters. The van der Waals surface area contributed by atoms with Gasteiger partial charge in [-0.25, -0.2) is 0 Å². The van der Waals surface area contributed by atoms with Crippen LogP contribution in [0.15, 0.2) is 6.07 Å². The minimum absolute atomic E-state index is 0.0664. The number of Topliss-reactive ketones (excluding diaryl/α,β-unsaturated/α-hetero) is 1. The number of nitrogens with zero attached hydrogens (tertiary/aromatic N) is 1. The van der Waals surface area contributed by atoms with Crippen LogP contribution < -0.4 is 0 Å².